The molecule has 2 rings (SSSR count). The third-order valence-electron chi connectivity index (χ3n) is 3.67. The van der Waals surface area contributed by atoms with E-state index < -0.39 is 0 Å². The fraction of sp³-hybridized carbons (Fsp3) is 0.400. The predicted molar refractivity (Wildman–Crippen MR) is 77.6 cm³/mol. The van der Waals surface area contributed by atoms with Crippen molar-refractivity contribution in [1.29, 1.82) is 0 Å². The molecular weight excluding hydrogens is 241 g/mol. The Morgan fingerprint density at radius 2 is 2.11 bits per heavy atom. The maximum absolute atomic E-state index is 13.9. The first-order valence-corrected chi connectivity index (χ1v) is 6.41. The van der Waals surface area contributed by atoms with Gasteiger partial charge in [-0.25, -0.2) is 4.39 Å². The van der Waals surface area contributed by atoms with Crippen LogP contribution in [0.5, 0.6) is 0 Å². The minimum atomic E-state index is -0.239. The van der Waals surface area contributed by atoms with E-state index in [2.05, 4.69) is 10.3 Å². The molecule has 4 heteroatoms. The number of allylic oxidation sites excluding steroid dienone is 2. The van der Waals surface area contributed by atoms with Gasteiger partial charge in [0.15, 0.2) is 0 Å². The maximum atomic E-state index is 13.9. The summed E-state index contributed by atoms with van der Waals surface area (Å²) in [5.74, 6) is -0.239. The Morgan fingerprint density at radius 3 is 2.58 bits per heavy atom. The zero-order valence-corrected chi connectivity index (χ0v) is 11.6. The van der Waals surface area contributed by atoms with Gasteiger partial charge in [0.05, 0.1) is 0 Å². The lowest BCUT2D eigenvalue weighted by atomic mass is 9.97. The van der Waals surface area contributed by atoms with Crippen molar-refractivity contribution in [2.24, 2.45) is 10.7 Å². The quantitative estimate of drug-likeness (QED) is 0.818. The Bertz CT molecular complexity index is 538. The van der Waals surface area contributed by atoms with Crippen LogP contribution in [0.4, 0.5) is 4.39 Å². The Kier molecular flexibility index (Phi) is 3.71. The van der Waals surface area contributed by atoms with Gasteiger partial charge in [-0.05, 0) is 56.1 Å². The van der Waals surface area contributed by atoms with E-state index >= 15 is 0 Å². The molecule has 0 atom stereocenters. The Balaban J connectivity index is 2.51. The standard InChI is InChI=1S/C15H20FN3/c1-10(17)14(9-18-2)11-6-12(8-13(16)7-11)15(19-3)4-5-15/h6-9,19H,4-5,17H2,1-3H3/b14-10+,18-9?. The fourth-order valence-corrected chi connectivity index (χ4v) is 2.36. The molecule has 0 radical (unpaired) electrons. The summed E-state index contributed by atoms with van der Waals surface area (Å²) in [6.45, 7) is 1.80. The highest BCUT2D eigenvalue weighted by Crippen LogP contribution is 2.45. The molecule has 0 saturated heterocycles. The molecule has 1 aromatic rings. The van der Waals surface area contributed by atoms with Crippen LogP contribution in [0, 0.1) is 5.82 Å². The van der Waals surface area contributed by atoms with Crippen molar-refractivity contribution in [3.05, 3.63) is 40.8 Å². The van der Waals surface area contributed by atoms with Crippen molar-refractivity contribution in [2.45, 2.75) is 25.3 Å². The molecule has 0 bridgehead atoms. The number of hydrogen-bond acceptors (Lipinski definition) is 3. The first-order chi connectivity index (χ1) is 9.02. The van der Waals surface area contributed by atoms with E-state index in [0.29, 0.717) is 5.70 Å². The normalized spacial score (nSPS) is 18.5. The predicted octanol–water partition coefficient (Wildman–Crippen LogP) is 2.42. The van der Waals surface area contributed by atoms with Gasteiger partial charge in [-0.1, -0.05) is 0 Å². The minimum absolute atomic E-state index is 0.0617. The fourth-order valence-electron chi connectivity index (χ4n) is 2.36. The van der Waals surface area contributed by atoms with Gasteiger partial charge in [0.25, 0.3) is 0 Å². The van der Waals surface area contributed by atoms with Crippen LogP contribution in [0.15, 0.2) is 28.9 Å². The van der Waals surface area contributed by atoms with Gasteiger partial charge in [-0.15, -0.1) is 0 Å². The molecule has 0 spiro atoms. The molecule has 1 aliphatic carbocycles. The van der Waals surface area contributed by atoms with Crippen LogP contribution in [0.25, 0.3) is 5.57 Å². The SMILES string of the molecule is CN=C/C(=C(/C)N)c1cc(F)cc(C2(NC)CC2)c1. The van der Waals surface area contributed by atoms with Gasteiger partial charge in [0.2, 0.25) is 0 Å². The van der Waals surface area contributed by atoms with Crippen LogP contribution >= 0.6 is 0 Å². The summed E-state index contributed by atoms with van der Waals surface area (Å²) in [6, 6.07) is 5.10. The van der Waals surface area contributed by atoms with Gasteiger partial charge in [-0.2, -0.15) is 0 Å². The summed E-state index contributed by atoms with van der Waals surface area (Å²) in [5.41, 5.74) is 8.97. The monoisotopic (exact) mass is 261 g/mol. The highest BCUT2D eigenvalue weighted by Gasteiger charge is 2.43. The van der Waals surface area contributed by atoms with E-state index in [9.17, 15) is 4.39 Å². The van der Waals surface area contributed by atoms with E-state index in [1.807, 2.05) is 13.1 Å². The lowest BCUT2D eigenvalue weighted by Gasteiger charge is -2.16. The molecule has 0 heterocycles. The van der Waals surface area contributed by atoms with E-state index in [0.717, 1.165) is 29.5 Å². The number of benzene rings is 1. The average molecular weight is 261 g/mol. The number of hydrogen-bond donors (Lipinski definition) is 2. The summed E-state index contributed by atoms with van der Waals surface area (Å²) in [5, 5.41) is 3.28. The third kappa shape index (κ3) is 2.68. The van der Waals surface area contributed by atoms with Crippen molar-refractivity contribution in [1.82, 2.24) is 5.32 Å². The molecule has 0 aliphatic heterocycles. The molecule has 3 nitrogen and oxygen atoms in total. The summed E-state index contributed by atoms with van der Waals surface area (Å²) >= 11 is 0. The number of nitrogens with two attached hydrogens (primary N) is 1. The summed E-state index contributed by atoms with van der Waals surface area (Å²) in [7, 11) is 3.59. The molecule has 102 valence electrons. The Morgan fingerprint density at radius 1 is 1.42 bits per heavy atom. The van der Waals surface area contributed by atoms with Crippen LogP contribution in [-0.2, 0) is 5.54 Å². The zero-order chi connectivity index (χ0) is 14.0. The highest BCUT2D eigenvalue weighted by molar-refractivity contribution is 6.10. The van der Waals surface area contributed by atoms with E-state index in [-0.39, 0.29) is 11.4 Å². The van der Waals surface area contributed by atoms with Gasteiger partial charge in [0.1, 0.15) is 5.82 Å². The van der Waals surface area contributed by atoms with E-state index in [4.69, 9.17) is 5.73 Å². The molecule has 3 N–H and O–H groups in total. The molecule has 19 heavy (non-hydrogen) atoms. The van der Waals surface area contributed by atoms with Crippen LogP contribution < -0.4 is 11.1 Å². The largest absolute Gasteiger partial charge is 0.402 e. The second kappa shape index (κ2) is 5.13. The van der Waals surface area contributed by atoms with E-state index in [1.165, 1.54) is 6.07 Å². The third-order valence-corrected chi connectivity index (χ3v) is 3.67. The van der Waals surface area contributed by atoms with Gasteiger partial charge < -0.3 is 11.1 Å². The Labute approximate surface area is 113 Å². The van der Waals surface area contributed by atoms with Crippen LogP contribution in [0.1, 0.15) is 30.9 Å². The van der Waals surface area contributed by atoms with Crippen molar-refractivity contribution in [2.75, 3.05) is 14.1 Å². The first-order valence-electron chi connectivity index (χ1n) is 6.41. The summed E-state index contributed by atoms with van der Waals surface area (Å²) in [4.78, 5) is 3.99. The highest BCUT2D eigenvalue weighted by atomic mass is 19.1. The average Bonchev–Trinajstić information content (AvgIpc) is 3.15. The van der Waals surface area contributed by atoms with Crippen LogP contribution in [0.3, 0.4) is 0 Å². The first kappa shape index (κ1) is 13.7. The Hall–Kier alpha value is -1.68. The molecule has 0 amide bonds. The molecule has 0 aromatic heterocycles. The molecule has 1 aliphatic rings. The molecule has 0 unspecified atom stereocenters. The minimum Gasteiger partial charge on any atom is -0.402 e. The van der Waals surface area contributed by atoms with Gasteiger partial charge in [0, 0.05) is 30.1 Å². The zero-order valence-electron chi connectivity index (χ0n) is 11.6. The smallest absolute Gasteiger partial charge is 0.124 e. The number of aliphatic imine (C=N–C) groups is 1. The molecule has 1 saturated carbocycles. The maximum Gasteiger partial charge on any atom is 0.124 e. The number of nitrogens with one attached hydrogen (secondary N) is 1. The van der Waals surface area contributed by atoms with Gasteiger partial charge in [-0.3, -0.25) is 4.99 Å². The number of halogens is 1. The summed E-state index contributed by atoms with van der Waals surface area (Å²) < 4.78 is 13.9. The summed E-state index contributed by atoms with van der Waals surface area (Å²) in [6.07, 6.45) is 3.75. The molecule has 1 fully saturated rings. The topological polar surface area (TPSA) is 50.4 Å². The number of nitrogens with zero attached hydrogens (tertiary/aromatic N) is 1. The molecular formula is C15H20FN3. The number of rotatable bonds is 4. The lowest BCUT2D eigenvalue weighted by molar-refractivity contribution is 0.570. The van der Waals surface area contributed by atoms with Crippen LogP contribution in [0.2, 0.25) is 0 Å². The van der Waals surface area contributed by atoms with Gasteiger partial charge >= 0.3 is 0 Å². The van der Waals surface area contributed by atoms with Crippen molar-refractivity contribution in [3.8, 4) is 0 Å². The van der Waals surface area contributed by atoms with Crippen molar-refractivity contribution < 1.29 is 4.39 Å². The van der Waals surface area contributed by atoms with Crippen molar-refractivity contribution in [3.63, 3.8) is 0 Å². The van der Waals surface area contributed by atoms with Crippen molar-refractivity contribution >= 4 is 11.8 Å². The van der Waals surface area contributed by atoms with E-state index in [1.54, 1.807) is 26.3 Å². The second-order valence-electron chi connectivity index (χ2n) is 5.04. The second-order valence-corrected chi connectivity index (χ2v) is 5.04. The lowest BCUT2D eigenvalue weighted by Crippen LogP contribution is -2.24. The van der Waals surface area contributed by atoms with Crippen LogP contribution in [-0.4, -0.2) is 20.3 Å². The molecule has 1 aromatic carbocycles.